The molecule has 1 fully saturated rings. The first-order valence-corrected chi connectivity index (χ1v) is 10.6. The lowest BCUT2D eigenvalue weighted by Gasteiger charge is -2.17. The van der Waals surface area contributed by atoms with E-state index in [2.05, 4.69) is 15.5 Å². The van der Waals surface area contributed by atoms with E-state index in [-0.39, 0.29) is 0 Å². The quantitative estimate of drug-likeness (QED) is 0.698. The van der Waals surface area contributed by atoms with E-state index in [1.807, 2.05) is 31.2 Å². The SMILES string of the molecule is COCCCNc1ccc(-c2ccc(C)c(S(=O)(=O)N3CCCC3)c2)nn1. The van der Waals surface area contributed by atoms with Crippen LogP contribution in [-0.4, -0.2) is 56.3 Å². The molecule has 27 heavy (non-hydrogen) atoms. The third kappa shape index (κ3) is 4.63. The molecule has 2 aromatic rings. The standard InChI is InChI=1S/C19H26N4O3S/c1-15-6-7-16(14-18(15)27(24,25)23-11-3-4-12-23)17-8-9-19(22-21-17)20-10-5-13-26-2/h6-9,14H,3-5,10-13H2,1-2H3,(H,20,22). The second-order valence-corrected chi connectivity index (χ2v) is 8.57. The largest absolute Gasteiger partial charge is 0.385 e. The maximum absolute atomic E-state index is 12.9. The summed E-state index contributed by atoms with van der Waals surface area (Å²) >= 11 is 0. The van der Waals surface area contributed by atoms with Crippen molar-refractivity contribution >= 4 is 15.8 Å². The van der Waals surface area contributed by atoms with Crippen molar-refractivity contribution in [3.63, 3.8) is 0 Å². The van der Waals surface area contributed by atoms with Gasteiger partial charge < -0.3 is 10.1 Å². The van der Waals surface area contributed by atoms with Gasteiger partial charge in [-0.15, -0.1) is 10.2 Å². The summed E-state index contributed by atoms with van der Waals surface area (Å²) in [6.07, 6.45) is 2.72. The third-order valence-electron chi connectivity index (χ3n) is 4.66. The zero-order valence-corrected chi connectivity index (χ0v) is 16.6. The van der Waals surface area contributed by atoms with Gasteiger partial charge in [0.25, 0.3) is 0 Å². The number of hydrogen-bond acceptors (Lipinski definition) is 6. The number of nitrogens with zero attached hydrogens (tertiary/aromatic N) is 3. The van der Waals surface area contributed by atoms with Gasteiger partial charge in [0.05, 0.1) is 10.6 Å². The summed E-state index contributed by atoms with van der Waals surface area (Å²) in [5.74, 6) is 0.687. The number of methoxy groups -OCH3 is 1. The summed E-state index contributed by atoms with van der Waals surface area (Å²) in [6.45, 7) is 4.46. The number of aromatic nitrogens is 2. The molecule has 0 radical (unpaired) electrons. The molecule has 1 aromatic heterocycles. The van der Waals surface area contributed by atoms with Gasteiger partial charge in [0.15, 0.2) is 0 Å². The van der Waals surface area contributed by atoms with E-state index >= 15 is 0 Å². The zero-order chi connectivity index (χ0) is 19.3. The first kappa shape index (κ1) is 19.7. The van der Waals surface area contributed by atoms with Gasteiger partial charge >= 0.3 is 0 Å². The minimum atomic E-state index is -3.46. The summed E-state index contributed by atoms with van der Waals surface area (Å²) < 4.78 is 32.4. The zero-order valence-electron chi connectivity index (χ0n) is 15.8. The molecule has 0 atom stereocenters. The van der Waals surface area contributed by atoms with Crippen LogP contribution in [0.15, 0.2) is 35.2 Å². The number of hydrogen-bond donors (Lipinski definition) is 1. The lowest BCUT2D eigenvalue weighted by atomic mass is 10.1. The fraction of sp³-hybridized carbons (Fsp3) is 0.474. The van der Waals surface area contributed by atoms with Crippen molar-refractivity contribution in [1.82, 2.24) is 14.5 Å². The number of ether oxygens (including phenoxy) is 1. The highest BCUT2D eigenvalue weighted by Gasteiger charge is 2.28. The van der Waals surface area contributed by atoms with Crippen molar-refractivity contribution in [2.24, 2.45) is 0 Å². The van der Waals surface area contributed by atoms with E-state index in [1.54, 1.807) is 17.5 Å². The minimum Gasteiger partial charge on any atom is -0.385 e. The van der Waals surface area contributed by atoms with E-state index in [1.165, 1.54) is 0 Å². The van der Waals surface area contributed by atoms with Crippen LogP contribution in [-0.2, 0) is 14.8 Å². The van der Waals surface area contributed by atoms with E-state index in [0.29, 0.717) is 36.1 Å². The first-order valence-electron chi connectivity index (χ1n) is 9.20. The van der Waals surface area contributed by atoms with Gasteiger partial charge in [-0.3, -0.25) is 0 Å². The van der Waals surface area contributed by atoms with E-state index in [0.717, 1.165) is 36.9 Å². The molecule has 1 N–H and O–H groups in total. The summed E-state index contributed by atoms with van der Waals surface area (Å²) in [7, 11) is -1.79. The van der Waals surface area contributed by atoms with E-state index in [9.17, 15) is 8.42 Å². The van der Waals surface area contributed by atoms with Crippen molar-refractivity contribution in [1.29, 1.82) is 0 Å². The van der Waals surface area contributed by atoms with Crippen molar-refractivity contribution in [2.45, 2.75) is 31.1 Å². The molecule has 0 spiro atoms. The Morgan fingerprint density at radius 1 is 1.15 bits per heavy atom. The van der Waals surface area contributed by atoms with Gasteiger partial charge in [0.2, 0.25) is 10.0 Å². The van der Waals surface area contributed by atoms with Crippen LogP contribution in [0.5, 0.6) is 0 Å². The predicted octanol–water partition coefficient (Wildman–Crippen LogP) is 2.68. The maximum Gasteiger partial charge on any atom is 0.243 e. The predicted molar refractivity (Wildman–Crippen MR) is 105 cm³/mol. The first-order chi connectivity index (χ1) is 13.0. The highest BCUT2D eigenvalue weighted by Crippen LogP contribution is 2.28. The van der Waals surface area contributed by atoms with Crippen LogP contribution >= 0.6 is 0 Å². The summed E-state index contributed by atoms with van der Waals surface area (Å²) in [6, 6.07) is 9.12. The lowest BCUT2D eigenvalue weighted by molar-refractivity contribution is 0.197. The van der Waals surface area contributed by atoms with Gasteiger partial charge in [0.1, 0.15) is 5.82 Å². The second kappa shape index (κ2) is 8.77. The topological polar surface area (TPSA) is 84.4 Å². The molecule has 146 valence electrons. The van der Waals surface area contributed by atoms with Gasteiger partial charge in [-0.1, -0.05) is 12.1 Å². The van der Waals surface area contributed by atoms with Gasteiger partial charge in [-0.25, -0.2) is 8.42 Å². The molecule has 1 aromatic carbocycles. The molecule has 0 unspecified atom stereocenters. The monoisotopic (exact) mass is 390 g/mol. The lowest BCUT2D eigenvalue weighted by Crippen LogP contribution is -2.28. The number of benzene rings is 1. The van der Waals surface area contributed by atoms with Gasteiger partial charge in [-0.05, 0) is 49.9 Å². The molecular formula is C19H26N4O3S. The van der Waals surface area contributed by atoms with Crippen LogP contribution in [0.25, 0.3) is 11.3 Å². The Labute approximate surface area is 160 Å². The molecule has 0 bridgehead atoms. The normalized spacial score (nSPS) is 15.2. The van der Waals surface area contributed by atoms with Crippen LogP contribution in [0.3, 0.4) is 0 Å². The van der Waals surface area contributed by atoms with Crippen LogP contribution in [0, 0.1) is 6.92 Å². The van der Waals surface area contributed by atoms with E-state index < -0.39 is 10.0 Å². The van der Waals surface area contributed by atoms with Gasteiger partial charge in [0, 0.05) is 38.9 Å². The average molecular weight is 391 g/mol. The van der Waals surface area contributed by atoms with Gasteiger partial charge in [-0.2, -0.15) is 4.31 Å². The Bertz CT molecular complexity index is 863. The maximum atomic E-state index is 12.9. The van der Waals surface area contributed by atoms with Crippen LogP contribution in [0.2, 0.25) is 0 Å². The minimum absolute atomic E-state index is 0.352. The molecule has 0 amide bonds. The molecule has 7 nitrogen and oxygen atoms in total. The fourth-order valence-corrected chi connectivity index (χ4v) is 4.89. The molecule has 1 aliphatic heterocycles. The van der Waals surface area contributed by atoms with Crippen molar-refractivity contribution in [3.8, 4) is 11.3 Å². The number of rotatable bonds is 8. The molecule has 8 heteroatoms. The number of aryl methyl sites for hydroxylation is 1. The Morgan fingerprint density at radius 3 is 2.59 bits per heavy atom. The van der Waals surface area contributed by atoms with Crippen LogP contribution in [0.1, 0.15) is 24.8 Å². The molecule has 1 aliphatic rings. The number of nitrogens with one attached hydrogen (secondary N) is 1. The molecule has 0 aliphatic carbocycles. The number of sulfonamides is 1. The second-order valence-electron chi connectivity index (χ2n) is 6.67. The molecule has 0 saturated carbocycles. The molecule has 2 heterocycles. The molecular weight excluding hydrogens is 364 g/mol. The highest BCUT2D eigenvalue weighted by molar-refractivity contribution is 7.89. The molecule has 3 rings (SSSR count). The Hall–Kier alpha value is -2.03. The fourth-order valence-electron chi connectivity index (χ4n) is 3.12. The van der Waals surface area contributed by atoms with Crippen molar-refractivity contribution < 1.29 is 13.2 Å². The molecule has 1 saturated heterocycles. The Morgan fingerprint density at radius 2 is 1.93 bits per heavy atom. The summed E-state index contributed by atoms with van der Waals surface area (Å²) in [5, 5.41) is 11.6. The summed E-state index contributed by atoms with van der Waals surface area (Å²) in [5.41, 5.74) is 2.14. The Kier molecular flexibility index (Phi) is 6.41. The van der Waals surface area contributed by atoms with E-state index in [4.69, 9.17) is 4.74 Å². The third-order valence-corrected chi connectivity index (χ3v) is 6.70. The number of anilines is 1. The van der Waals surface area contributed by atoms with Crippen molar-refractivity contribution in [3.05, 3.63) is 35.9 Å². The van der Waals surface area contributed by atoms with Crippen LogP contribution < -0.4 is 5.32 Å². The van der Waals surface area contributed by atoms with Crippen molar-refractivity contribution in [2.75, 3.05) is 38.7 Å². The summed E-state index contributed by atoms with van der Waals surface area (Å²) in [4.78, 5) is 0.352. The highest BCUT2D eigenvalue weighted by atomic mass is 32.2. The van der Waals surface area contributed by atoms with Crippen LogP contribution in [0.4, 0.5) is 5.82 Å². The smallest absolute Gasteiger partial charge is 0.243 e. The Balaban J connectivity index is 1.79. The average Bonchev–Trinajstić information content (AvgIpc) is 3.22.